The molecule has 0 fully saturated rings. The Morgan fingerprint density at radius 3 is 2.63 bits per heavy atom. The average molecular weight is 320 g/mol. The van der Waals surface area contributed by atoms with E-state index in [1.165, 1.54) is 16.7 Å². The number of halogens is 1. The van der Waals surface area contributed by atoms with Crippen molar-refractivity contribution in [3.8, 4) is 16.9 Å². The van der Waals surface area contributed by atoms with Gasteiger partial charge in [-0.25, -0.2) is 0 Å². The monoisotopic (exact) mass is 319 g/mol. The third-order valence-corrected chi connectivity index (χ3v) is 3.72. The minimum absolute atomic E-state index is 0.817. The molecule has 0 aliphatic rings. The fraction of sp³-hybridized carbons (Fsp3) is 0.250. The maximum atomic E-state index is 5.41. The number of rotatable bonds is 5. The van der Waals surface area contributed by atoms with Gasteiger partial charge in [-0.2, -0.15) is 0 Å². The van der Waals surface area contributed by atoms with Crippen molar-refractivity contribution in [2.75, 3.05) is 13.7 Å². The molecule has 0 atom stereocenters. The first kappa shape index (κ1) is 14.1. The van der Waals surface area contributed by atoms with E-state index >= 15 is 0 Å². The van der Waals surface area contributed by atoms with Gasteiger partial charge in [-0.1, -0.05) is 47.1 Å². The largest absolute Gasteiger partial charge is 0.496 e. The highest BCUT2D eigenvalue weighted by molar-refractivity contribution is 9.10. The number of benzene rings is 2. The molecular formula is C16H18BrNO. The van der Waals surface area contributed by atoms with E-state index in [0.717, 1.165) is 23.3 Å². The third-order valence-electron chi connectivity index (χ3n) is 3.03. The van der Waals surface area contributed by atoms with Crippen LogP contribution in [0.25, 0.3) is 11.1 Å². The summed E-state index contributed by atoms with van der Waals surface area (Å²) < 4.78 is 6.52. The molecule has 0 bridgehead atoms. The molecule has 2 nitrogen and oxygen atoms in total. The Labute approximate surface area is 122 Å². The quantitative estimate of drug-likeness (QED) is 0.890. The summed E-state index contributed by atoms with van der Waals surface area (Å²) in [6.07, 6.45) is 0. The van der Waals surface area contributed by atoms with E-state index in [1.54, 1.807) is 7.11 Å². The van der Waals surface area contributed by atoms with Gasteiger partial charge in [0, 0.05) is 16.6 Å². The number of hydrogen-bond donors (Lipinski definition) is 1. The fourth-order valence-corrected chi connectivity index (χ4v) is 2.55. The summed E-state index contributed by atoms with van der Waals surface area (Å²) >= 11 is 3.60. The second-order valence-electron chi connectivity index (χ2n) is 4.29. The van der Waals surface area contributed by atoms with Crippen molar-refractivity contribution < 1.29 is 4.74 Å². The second kappa shape index (κ2) is 6.73. The van der Waals surface area contributed by atoms with Crippen molar-refractivity contribution in [3.05, 3.63) is 52.5 Å². The van der Waals surface area contributed by atoms with Crippen LogP contribution in [0.5, 0.6) is 5.75 Å². The van der Waals surface area contributed by atoms with E-state index < -0.39 is 0 Å². The van der Waals surface area contributed by atoms with E-state index in [1.807, 2.05) is 18.2 Å². The summed E-state index contributed by atoms with van der Waals surface area (Å²) in [6.45, 7) is 3.87. The van der Waals surface area contributed by atoms with Crippen LogP contribution in [0.4, 0.5) is 0 Å². The van der Waals surface area contributed by atoms with Gasteiger partial charge in [0.05, 0.1) is 7.11 Å². The number of hydrogen-bond acceptors (Lipinski definition) is 2. The second-order valence-corrected chi connectivity index (χ2v) is 5.14. The molecule has 0 aliphatic heterocycles. The highest BCUT2D eigenvalue weighted by atomic mass is 79.9. The summed E-state index contributed by atoms with van der Waals surface area (Å²) in [7, 11) is 1.71. The maximum absolute atomic E-state index is 5.41. The summed E-state index contributed by atoms with van der Waals surface area (Å²) in [4.78, 5) is 0. The first-order valence-electron chi connectivity index (χ1n) is 6.38. The lowest BCUT2D eigenvalue weighted by Crippen LogP contribution is -2.12. The first-order valence-corrected chi connectivity index (χ1v) is 7.18. The minimum Gasteiger partial charge on any atom is -0.496 e. The molecule has 0 saturated heterocycles. The standard InChI is InChI=1S/C16H18BrNO/c1-3-18-11-13-10-12(8-9-16(13)19-2)14-6-4-5-7-15(14)17/h4-10,18H,3,11H2,1-2H3. The smallest absolute Gasteiger partial charge is 0.123 e. The van der Waals surface area contributed by atoms with Crippen LogP contribution in [0, 0.1) is 0 Å². The SMILES string of the molecule is CCNCc1cc(-c2ccccc2Br)ccc1OC. The molecule has 1 N–H and O–H groups in total. The predicted octanol–water partition coefficient (Wildman–Crippen LogP) is 4.23. The average Bonchev–Trinajstić information content (AvgIpc) is 2.45. The van der Waals surface area contributed by atoms with Crippen LogP contribution in [0.15, 0.2) is 46.9 Å². The Morgan fingerprint density at radius 2 is 1.95 bits per heavy atom. The minimum atomic E-state index is 0.817. The van der Waals surface area contributed by atoms with Crippen LogP contribution in [0.2, 0.25) is 0 Å². The normalized spacial score (nSPS) is 10.5. The van der Waals surface area contributed by atoms with Crippen LogP contribution >= 0.6 is 15.9 Å². The van der Waals surface area contributed by atoms with Gasteiger partial charge < -0.3 is 10.1 Å². The number of nitrogens with one attached hydrogen (secondary N) is 1. The molecular weight excluding hydrogens is 302 g/mol. The maximum Gasteiger partial charge on any atom is 0.123 e. The van der Waals surface area contributed by atoms with Crippen molar-refractivity contribution in [1.29, 1.82) is 0 Å². The topological polar surface area (TPSA) is 21.3 Å². The Morgan fingerprint density at radius 1 is 1.16 bits per heavy atom. The molecule has 0 spiro atoms. The molecule has 0 amide bonds. The Bertz CT molecular complexity index is 554. The lowest BCUT2D eigenvalue weighted by molar-refractivity contribution is 0.408. The molecule has 3 heteroatoms. The molecule has 2 aromatic carbocycles. The molecule has 19 heavy (non-hydrogen) atoms. The summed E-state index contributed by atoms with van der Waals surface area (Å²) in [5.41, 5.74) is 3.57. The lowest BCUT2D eigenvalue weighted by atomic mass is 10.0. The van der Waals surface area contributed by atoms with Gasteiger partial charge in [-0.05, 0) is 35.9 Å². The van der Waals surface area contributed by atoms with Gasteiger partial charge in [-0.3, -0.25) is 0 Å². The molecule has 2 rings (SSSR count). The number of methoxy groups -OCH3 is 1. The van der Waals surface area contributed by atoms with Gasteiger partial charge in [0.25, 0.3) is 0 Å². The zero-order chi connectivity index (χ0) is 13.7. The van der Waals surface area contributed by atoms with Gasteiger partial charge in [-0.15, -0.1) is 0 Å². The fourth-order valence-electron chi connectivity index (χ4n) is 2.04. The van der Waals surface area contributed by atoms with Crippen LogP contribution in [-0.2, 0) is 6.54 Å². The van der Waals surface area contributed by atoms with Gasteiger partial charge in [0.2, 0.25) is 0 Å². The molecule has 0 radical (unpaired) electrons. The predicted molar refractivity (Wildman–Crippen MR) is 83.5 cm³/mol. The van der Waals surface area contributed by atoms with Crippen LogP contribution in [0.3, 0.4) is 0 Å². The van der Waals surface area contributed by atoms with Crippen molar-refractivity contribution >= 4 is 15.9 Å². The van der Waals surface area contributed by atoms with Gasteiger partial charge in [0.1, 0.15) is 5.75 Å². The van der Waals surface area contributed by atoms with Gasteiger partial charge in [0.15, 0.2) is 0 Å². The molecule has 0 unspecified atom stereocenters. The Kier molecular flexibility index (Phi) is 5.00. The van der Waals surface area contributed by atoms with Crippen LogP contribution < -0.4 is 10.1 Å². The molecule has 0 aliphatic carbocycles. The van der Waals surface area contributed by atoms with Gasteiger partial charge >= 0.3 is 0 Å². The summed E-state index contributed by atoms with van der Waals surface area (Å²) in [5.74, 6) is 0.928. The Balaban J connectivity index is 2.40. The van der Waals surface area contributed by atoms with E-state index in [0.29, 0.717) is 0 Å². The molecule has 2 aromatic rings. The van der Waals surface area contributed by atoms with E-state index in [9.17, 15) is 0 Å². The van der Waals surface area contributed by atoms with E-state index in [-0.39, 0.29) is 0 Å². The van der Waals surface area contributed by atoms with Crippen LogP contribution in [0.1, 0.15) is 12.5 Å². The van der Waals surface area contributed by atoms with Crippen molar-refractivity contribution in [1.82, 2.24) is 5.32 Å². The zero-order valence-electron chi connectivity index (χ0n) is 11.2. The Hall–Kier alpha value is -1.32. The summed E-state index contributed by atoms with van der Waals surface area (Å²) in [5, 5.41) is 3.34. The molecule has 0 heterocycles. The van der Waals surface area contributed by atoms with E-state index in [2.05, 4.69) is 52.4 Å². The highest BCUT2D eigenvalue weighted by Crippen LogP contribution is 2.31. The van der Waals surface area contributed by atoms with Crippen molar-refractivity contribution in [3.63, 3.8) is 0 Å². The highest BCUT2D eigenvalue weighted by Gasteiger charge is 2.07. The first-order chi connectivity index (χ1) is 9.26. The van der Waals surface area contributed by atoms with Crippen molar-refractivity contribution in [2.24, 2.45) is 0 Å². The molecule has 0 aromatic heterocycles. The van der Waals surface area contributed by atoms with Crippen molar-refractivity contribution in [2.45, 2.75) is 13.5 Å². The molecule has 0 saturated carbocycles. The van der Waals surface area contributed by atoms with E-state index in [4.69, 9.17) is 4.74 Å². The lowest BCUT2D eigenvalue weighted by Gasteiger charge is -2.12. The van der Waals surface area contributed by atoms with Crippen LogP contribution in [-0.4, -0.2) is 13.7 Å². The number of ether oxygens (including phenoxy) is 1. The summed E-state index contributed by atoms with van der Waals surface area (Å²) in [6, 6.07) is 14.6. The zero-order valence-corrected chi connectivity index (χ0v) is 12.8. The molecule has 100 valence electrons. The third kappa shape index (κ3) is 3.37.